The van der Waals surface area contributed by atoms with E-state index in [0.29, 0.717) is 23.4 Å². The van der Waals surface area contributed by atoms with Crippen molar-refractivity contribution in [2.45, 2.75) is 38.1 Å². The summed E-state index contributed by atoms with van der Waals surface area (Å²) in [7, 11) is -1.99. The fourth-order valence-corrected chi connectivity index (χ4v) is 5.18. The van der Waals surface area contributed by atoms with Crippen LogP contribution in [0.1, 0.15) is 31.5 Å². The van der Waals surface area contributed by atoms with Crippen molar-refractivity contribution in [1.29, 1.82) is 0 Å². The number of nitrogens with one attached hydrogen (secondary N) is 2. The molecule has 4 rings (SSSR count). The highest BCUT2D eigenvalue weighted by Gasteiger charge is 2.33. The summed E-state index contributed by atoms with van der Waals surface area (Å²) in [6.07, 6.45) is 0.630. The number of nitrogens with zero attached hydrogens (tertiary/aromatic N) is 3. The van der Waals surface area contributed by atoms with Crippen LogP contribution in [0.5, 0.6) is 0 Å². The third kappa shape index (κ3) is 4.05. The van der Waals surface area contributed by atoms with Crippen LogP contribution in [0.15, 0.2) is 69.3 Å². The van der Waals surface area contributed by atoms with E-state index in [2.05, 4.69) is 15.0 Å². The van der Waals surface area contributed by atoms with Crippen LogP contribution in [0.2, 0.25) is 0 Å². The summed E-state index contributed by atoms with van der Waals surface area (Å²) in [6, 6.07) is 14.7. The minimum absolute atomic E-state index is 0.127. The molecular formula is C24H27N5O4S. The van der Waals surface area contributed by atoms with Crippen molar-refractivity contribution >= 4 is 27.5 Å². The number of sulfonamides is 1. The average molecular weight is 482 g/mol. The van der Waals surface area contributed by atoms with Gasteiger partial charge >= 0.3 is 0 Å². The van der Waals surface area contributed by atoms with E-state index in [1.165, 1.54) is 10.7 Å². The topological polar surface area (TPSA) is 115 Å². The van der Waals surface area contributed by atoms with E-state index in [1.54, 1.807) is 36.9 Å². The predicted octanol–water partition coefficient (Wildman–Crippen LogP) is 2.58. The number of aliphatic imine (C=N–C) groups is 1. The number of aromatic nitrogens is 2. The Kier molecular flexibility index (Phi) is 6.18. The number of benzene rings is 2. The Morgan fingerprint density at radius 3 is 2.44 bits per heavy atom. The number of rotatable bonds is 6. The standard InChI is InChI=1S/C24H27N5O4S/c1-5-15(2)20(25-22-18-13-9-10-14-19(18)34(32,33)27-22)23(30)26-21-16(3)28(4)29(24(21)31)17-11-7-6-8-12-17/h6-15,20H,5H2,1-4H3,(H,25,27)(H,26,30)/t15-,20-/m0/s1. The van der Waals surface area contributed by atoms with Crippen LogP contribution in [0.4, 0.5) is 5.69 Å². The number of amides is 1. The van der Waals surface area contributed by atoms with Crippen molar-refractivity contribution in [1.82, 2.24) is 14.1 Å². The lowest BCUT2D eigenvalue weighted by atomic mass is 9.98. The van der Waals surface area contributed by atoms with Gasteiger partial charge in [-0.25, -0.2) is 13.1 Å². The highest BCUT2D eigenvalue weighted by Crippen LogP contribution is 2.24. The van der Waals surface area contributed by atoms with E-state index < -0.39 is 22.0 Å². The van der Waals surface area contributed by atoms with Crippen LogP contribution >= 0.6 is 0 Å². The van der Waals surface area contributed by atoms with Gasteiger partial charge in [-0.2, -0.15) is 0 Å². The van der Waals surface area contributed by atoms with E-state index >= 15 is 0 Å². The van der Waals surface area contributed by atoms with Gasteiger partial charge in [-0.05, 0) is 37.1 Å². The maximum atomic E-state index is 13.4. The lowest BCUT2D eigenvalue weighted by Crippen LogP contribution is -2.36. The van der Waals surface area contributed by atoms with Crippen molar-refractivity contribution < 1.29 is 13.2 Å². The van der Waals surface area contributed by atoms with E-state index in [1.807, 2.05) is 44.2 Å². The van der Waals surface area contributed by atoms with Gasteiger partial charge in [0.25, 0.3) is 15.6 Å². The van der Waals surface area contributed by atoms with Gasteiger partial charge in [-0.3, -0.25) is 24.0 Å². The van der Waals surface area contributed by atoms with E-state index in [4.69, 9.17) is 0 Å². The van der Waals surface area contributed by atoms with Gasteiger partial charge < -0.3 is 5.32 Å². The molecule has 2 aromatic carbocycles. The first-order valence-electron chi connectivity index (χ1n) is 11.0. The molecule has 0 radical (unpaired) electrons. The second-order valence-electron chi connectivity index (χ2n) is 8.34. The summed E-state index contributed by atoms with van der Waals surface area (Å²) in [4.78, 5) is 31.2. The van der Waals surface area contributed by atoms with E-state index in [0.717, 1.165) is 0 Å². The third-order valence-corrected chi connectivity index (χ3v) is 7.58. The molecule has 2 atom stereocenters. The summed E-state index contributed by atoms with van der Waals surface area (Å²) in [5, 5.41) is 2.77. The Hall–Kier alpha value is -3.66. The minimum atomic E-state index is -3.73. The summed E-state index contributed by atoms with van der Waals surface area (Å²) in [5.41, 5.74) is 1.49. The highest BCUT2D eigenvalue weighted by atomic mass is 32.2. The zero-order chi connectivity index (χ0) is 24.6. The molecule has 9 nitrogen and oxygen atoms in total. The molecule has 3 aromatic rings. The molecule has 1 aliphatic heterocycles. The fraction of sp³-hybridized carbons (Fsp3) is 0.292. The molecule has 0 fully saturated rings. The minimum Gasteiger partial charge on any atom is -0.318 e. The fourth-order valence-electron chi connectivity index (χ4n) is 3.95. The molecular weight excluding hydrogens is 454 g/mol. The molecule has 1 aromatic heterocycles. The number of amidine groups is 1. The van der Waals surface area contributed by atoms with Crippen LogP contribution in [0, 0.1) is 12.8 Å². The molecule has 0 unspecified atom stereocenters. The molecule has 1 amide bonds. The molecule has 178 valence electrons. The molecule has 34 heavy (non-hydrogen) atoms. The summed E-state index contributed by atoms with van der Waals surface area (Å²) < 4.78 is 30.6. The van der Waals surface area contributed by atoms with Gasteiger partial charge in [0.05, 0.1) is 16.3 Å². The second-order valence-corrected chi connectivity index (χ2v) is 9.99. The number of para-hydroxylation sites is 1. The van der Waals surface area contributed by atoms with Gasteiger partial charge in [0.2, 0.25) is 5.91 Å². The molecule has 0 bridgehead atoms. The molecule has 1 aliphatic rings. The molecule has 10 heteroatoms. The summed E-state index contributed by atoms with van der Waals surface area (Å²) >= 11 is 0. The van der Waals surface area contributed by atoms with Crippen LogP contribution in [-0.4, -0.2) is 35.6 Å². The van der Waals surface area contributed by atoms with E-state index in [-0.39, 0.29) is 27.9 Å². The number of carbonyl (C=O) groups is 1. The summed E-state index contributed by atoms with van der Waals surface area (Å²) in [5.74, 6) is -0.552. The van der Waals surface area contributed by atoms with Gasteiger partial charge in [-0.15, -0.1) is 0 Å². The van der Waals surface area contributed by atoms with Crippen molar-refractivity contribution in [2.24, 2.45) is 18.0 Å². The first-order chi connectivity index (χ1) is 16.2. The quantitative estimate of drug-likeness (QED) is 0.563. The normalized spacial score (nSPS) is 17.1. The monoisotopic (exact) mass is 481 g/mol. The number of hydrogen-bond acceptors (Lipinski definition) is 5. The van der Waals surface area contributed by atoms with Crippen LogP contribution < -0.4 is 15.6 Å². The predicted molar refractivity (Wildman–Crippen MR) is 131 cm³/mol. The molecule has 0 saturated heterocycles. The van der Waals surface area contributed by atoms with Crippen molar-refractivity contribution in [3.05, 3.63) is 76.2 Å². The maximum absolute atomic E-state index is 13.4. The number of hydrogen-bond donors (Lipinski definition) is 2. The Balaban J connectivity index is 1.72. The van der Waals surface area contributed by atoms with Crippen molar-refractivity contribution in [3.8, 4) is 5.69 Å². The Bertz CT molecular complexity index is 1440. The maximum Gasteiger partial charge on any atom is 0.295 e. The highest BCUT2D eigenvalue weighted by molar-refractivity contribution is 7.90. The number of fused-ring (bicyclic) bond motifs is 1. The van der Waals surface area contributed by atoms with Gasteiger partial charge in [-0.1, -0.05) is 50.6 Å². The van der Waals surface area contributed by atoms with Gasteiger partial charge in [0.15, 0.2) is 0 Å². The lowest BCUT2D eigenvalue weighted by Gasteiger charge is -2.19. The van der Waals surface area contributed by atoms with Gasteiger partial charge in [0, 0.05) is 12.6 Å². The lowest BCUT2D eigenvalue weighted by molar-refractivity contribution is -0.118. The number of anilines is 1. The average Bonchev–Trinajstić information content (AvgIpc) is 3.21. The largest absolute Gasteiger partial charge is 0.318 e. The zero-order valence-electron chi connectivity index (χ0n) is 19.4. The van der Waals surface area contributed by atoms with E-state index in [9.17, 15) is 18.0 Å². The SMILES string of the molecule is CC[C@H](C)[C@H](N=C1NS(=O)(=O)c2ccccc21)C(=O)Nc1c(C)n(C)n(-c2ccccc2)c1=O. The number of carbonyl (C=O) groups excluding carboxylic acids is 1. The van der Waals surface area contributed by atoms with Crippen LogP contribution in [-0.2, 0) is 21.9 Å². The molecule has 0 aliphatic carbocycles. The molecule has 0 saturated carbocycles. The van der Waals surface area contributed by atoms with Crippen molar-refractivity contribution in [3.63, 3.8) is 0 Å². The second kappa shape index (κ2) is 8.94. The molecule has 2 N–H and O–H groups in total. The Morgan fingerprint density at radius 1 is 1.12 bits per heavy atom. The molecule has 2 heterocycles. The Labute approximate surface area is 198 Å². The van der Waals surface area contributed by atoms with Crippen LogP contribution in [0.3, 0.4) is 0 Å². The van der Waals surface area contributed by atoms with Crippen LogP contribution in [0.25, 0.3) is 5.69 Å². The third-order valence-electron chi connectivity index (χ3n) is 6.18. The zero-order valence-corrected chi connectivity index (χ0v) is 20.3. The first kappa shape index (κ1) is 23.5. The van der Waals surface area contributed by atoms with Gasteiger partial charge in [0.1, 0.15) is 17.6 Å². The Morgan fingerprint density at radius 2 is 1.76 bits per heavy atom. The summed E-state index contributed by atoms with van der Waals surface area (Å²) in [6.45, 7) is 5.54. The van der Waals surface area contributed by atoms with Crippen molar-refractivity contribution in [2.75, 3.05) is 5.32 Å². The first-order valence-corrected chi connectivity index (χ1v) is 12.5. The molecule has 0 spiro atoms. The smallest absolute Gasteiger partial charge is 0.295 e.